The number of hydrogen-bond acceptors (Lipinski definition) is 3. The number of hydrogen-bond donors (Lipinski definition) is 1. The van der Waals surface area contributed by atoms with Crippen molar-refractivity contribution in [1.29, 1.82) is 0 Å². The first-order valence-electron chi connectivity index (χ1n) is 6.92. The Labute approximate surface area is 110 Å². The fourth-order valence-corrected chi connectivity index (χ4v) is 2.48. The van der Waals surface area contributed by atoms with E-state index < -0.39 is 0 Å². The number of rotatable bonds is 6. The molecule has 1 aliphatic rings. The summed E-state index contributed by atoms with van der Waals surface area (Å²) in [6.07, 6.45) is 5.48. The molecule has 1 saturated carbocycles. The van der Waals surface area contributed by atoms with E-state index in [1.54, 1.807) is 0 Å². The first kappa shape index (κ1) is 13.4. The van der Waals surface area contributed by atoms with Crippen LogP contribution in [0, 0.1) is 0 Å². The van der Waals surface area contributed by atoms with Gasteiger partial charge < -0.3 is 15.4 Å². The van der Waals surface area contributed by atoms with Crippen LogP contribution in [0.4, 0.5) is 0 Å². The monoisotopic (exact) mass is 248 g/mol. The maximum Gasteiger partial charge on any atom is 0.119 e. The van der Waals surface area contributed by atoms with Crippen LogP contribution < -0.4 is 10.5 Å². The van der Waals surface area contributed by atoms with Gasteiger partial charge in [-0.05, 0) is 50.4 Å². The van der Waals surface area contributed by atoms with E-state index in [4.69, 9.17) is 10.5 Å². The van der Waals surface area contributed by atoms with Gasteiger partial charge in [0, 0.05) is 19.6 Å². The van der Waals surface area contributed by atoms with Gasteiger partial charge in [0.05, 0.1) is 6.10 Å². The Morgan fingerprint density at radius 2 is 1.89 bits per heavy atom. The first-order chi connectivity index (χ1) is 8.78. The van der Waals surface area contributed by atoms with E-state index in [0.29, 0.717) is 12.6 Å². The second-order valence-corrected chi connectivity index (χ2v) is 5.19. The molecule has 2 rings (SSSR count). The molecular formula is C15H24N2O. The SMILES string of the molecule is CN(CCN)Cc1ccc(OC2CCCC2)cc1. The smallest absolute Gasteiger partial charge is 0.119 e. The summed E-state index contributed by atoms with van der Waals surface area (Å²) in [5.74, 6) is 1.01. The van der Waals surface area contributed by atoms with Gasteiger partial charge in [0.1, 0.15) is 5.75 Å². The van der Waals surface area contributed by atoms with Crippen molar-refractivity contribution < 1.29 is 4.74 Å². The first-order valence-corrected chi connectivity index (χ1v) is 6.92. The van der Waals surface area contributed by atoms with Gasteiger partial charge in [0.15, 0.2) is 0 Å². The molecule has 0 heterocycles. The van der Waals surface area contributed by atoms with Crippen LogP contribution in [0.2, 0.25) is 0 Å². The molecule has 18 heavy (non-hydrogen) atoms. The van der Waals surface area contributed by atoms with Crippen LogP contribution in [-0.2, 0) is 6.54 Å². The van der Waals surface area contributed by atoms with Crippen molar-refractivity contribution >= 4 is 0 Å². The highest BCUT2D eigenvalue weighted by Crippen LogP contribution is 2.24. The average molecular weight is 248 g/mol. The van der Waals surface area contributed by atoms with Crippen LogP contribution in [0.15, 0.2) is 24.3 Å². The summed E-state index contributed by atoms with van der Waals surface area (Å²) in [5.41, 5.74) is 6.85. The van der Waals surface area contributed by atoms with Gasteiger partial charge >= 0.3 is 0 Å². The molecular weight excluding hydrogens is 224 g/mol. The van der Waals surface area contributed by atoms with E-state index in [2.05, 4.69) is 36.2 Å². The summed E-state index contributed by atoms with van der Waals surface area (Å²) in [6.45, 7) is 2.58. The Bertz CT molecular complexity index is 344. The van der Waals surface area contributed by atoms with Gasteiger partial charge in [-0.1, -0.05) is 12.1 Å². The molecule has 1 aromatic rings. The maximum absolute atomic E-state index is 5.95. The quantitative estimate of drug-likeness (QED) is 0.840. The zero-order chi connectivity index (χ0) is 12.8. The van der Waals surface area contributed by atoms with Crippen molar-refractivity contribution in [3.63, 3.8) is 0 Å². The molecule has 0 aliphatic heterocycles. The molecule has 0 atom stereocenters. The molecule has 0 spiro atoms. The molecule has 1 aromatic carbocycles. The standard InChI is InChI=1S/C15H24N2O/c1-17(11-10-16)12-13-6-8-15(9-7-13)18-14-4-2-3-5-14/h6-9,14H,2-5,10-12,16H2,1H3. The summed E-state index contributed by atoms with van der Waals surface area (Å²) in [6, 6.07) is 8.47. The summed E-state index contributed by atoms with van der Waals surface area (Å²) >= 11 is 0. The molecule has 3 heteroatoms. The van der Waals surface area contributed by atoms with Crippen molar-refractivity contribution in [1.82, 2.24) is 4.90 Å². The predicted molar refractivity (Wildman–Crippen MR) is 74.7 cm³/mol. The minimum atomic E-state index is 0.441. The van der Waals surface area contributed by atoms with Gasteiger partial charge in [0.2, 0.25) is 0 Å². The largest absolute Gasteiger partial charge is 0.490 e. The number of likely N-dealkylation sites (N-methyl/N-ethyl adjacent to an activating group) is 1. The molecule has 0 unspecified atom stereocenters. The van der Waals surface area contributed by atoms with Crippen molar-refractivity contribution in [2.24, 2.45) is 5.73 Å². The van der Waals surface area contributed by atoms with Crippen LogP contribution in [0.1, 0.15) is 31.2 Å². The second kappa shape index (κ2) is 6.76. The molecule has 0 aromatic heterocycles. The summed E-state index contributed by atoms with van der Waals surface area (Å²) < 4.78 is 5.95. The molecule has 0 bridgehead atoms. The highest BCUT2D eigenvalue weighted by Gasteiger charge is 2.16. The molecule has 1 aliphatic carbocycles. The highest BCUT2D eigenvalue weighted by atomic mass is 16.5. The van der Waals surface area contributed by atoms with E-state index in [0.717, 1.165) is 18.8 Å². The van der Waals surface area contributed by atoms with Crippen LogP contribution in [0.3, 0.4) is 0 Å². The molecule has 0 radical (unpaired) electrons. The van der Waals surface area contributed by atoms with Crippen molar-refractivity contribution in [3.05, 3.63) is 29.8 Å². The fraction of sp³-hybridized carbons (Fsp3) is 0.600. The third-order valence-corrected chi connectivity index (χ3v) is 3.49. The summed E-state index contributed by atoms with van der Waals surface area (Å²) in [4.78, 5) is 2.23. The van der Waals surface area contributed by atoms with Crippen LogP contribution in [0.25, 0.3) is 0 Å². The van der Waals surface area contributed by atoms with Gasteiger partial charge in [-0.2, -0.15) is 0 Å². The molecule has 3 nitrogen and oxygen atoms in total. The minimum Gasteiger partial charge on any atom is -0.490 e. The van der Waals surface area contributed by atoms with E-state index in [1.807, 2.05) is 0 Å². The van der Waals surface area contributed by atoms with Crippen LogP contribution in [-0.4, -0.2) is 31.1 Å². The molecule has 0 saturated heterocycles. The minimum absolute atomic E-state index is 0.441. The molecule has 2 N–H and O–H groups in total. The van der Waals surface area contributed by atoms with E-state index >= 15 is 0 Å². The van der Waals surface area contributed by atoms with Crippen molar-refractivity contribution in [3.8, 4) is 5.75 Å². The number of nitrogens with two attached hydrogens (primary N) is 1. The molecule has 1 fully saturated rings. The Morgan fingerprint density at radius 1 is 1.22 bits per heavy atom. The Balaban J connectivity index is 1.84. The fourth-order valence-electron chi connectivity index (χ4n) is 2.48. The number of ether oxygens (including phenoxy) is 1. The van der Waals surface area contributed by atoms with Gasteiger partial charge in [-0.25, -0.2) is 0 Å². The normalized spacial score (nSPS) is 16.4. The summed E-state index contributed by atoms with van der Waals surface area (Å²) in [5, 5.41) is 0. The highest BCUT2D eigenvalue weighted by molar-refractivity contribution is 5.27. The lowest BCUT2D eigenvalue weighted by Gasteiger charge is -2.16. The van der Waals surface area contributed by atoms with Crippen molar-refractivity contribution in [2.45, 2.75) is 38.3 Å². The molecule has 0 amide bonds. The zero-order valence-corrected chi connectivity index (χ0v) is 11.3. The number of benzene rings is 1. The van der Waals surface area contributed by atoms with Crippen LogP contribution >= 0.6 is 0 Å². The van der Waals surface area contributed by atoms with Gasteiger partial charge in [-0.3, -0.25) is 0 Å². The van der Waals surface area contributed by atoms with Crippen LogP contribution in [0.5, 0.6) is 5.75 Å². The maximum atomic E-state index is 5.95. The van der Waals surface area contributed by atoms with Crippen molar-refractivity contribution in [2.75, 3.05) is 20.1 Å². The van der Waals surface area contributed by atoms with Gasteiger partial charge in [-0.15, -0.1) is 0 Å². The zero-order valence-electron chi connectivity index (χ0n) is 11.3. The average Bonchev–Trinajstić information content (AvgIpc) is 2.85. The van der Waals surface area contributed by atoms with Gasteiger partial charge in [0.25, 0.3) is 0 Å². The van der Waals surface area contributed by atoms with E-state index in [9.17, 15) is 0 Å². The van der Waals surface area contributed by atoms with E-state index in [-0.39, 0.29) is 0 Å². The predicted octanol–water partition coefficient (Wildman–Crippen LogP) is 2.40. The Hall–Kier alpha value is -1.06. The second-order valence-electron chi connectivity index (χ2n) is 5.19. The lowest BCUT2D eigenvalue weighted by Crippen LogP contribution is -2.24. The van der Waals surface area contributed by atoms with E-state index in [1.165, 1.54) is 31.2 Å². The Morgan fingerprint density at radius 3 is 2.50 bits per heavy atom. The Kier molecular flexibility index (Phi) is 5.02. The number of nitrogens with zero attached hydrogens (tertiary/aromatic N) is 1. The topological polar surface area (TPSA) is 38.5 Å². The molecule has 100 valence electrons. The third kappa shape index (κ3) is 4.00. The lowest BCUT2D eigenvalue weighted by molar-refractivity contribution is 0.210. The lowest BCUT2D eigenvalue weighted by atomic mass is 10.2. The third-order valence-electron chi connectivity index (χ3n) is 3.49. The summed E-state index contributed by atoms with van der Waals surface area (Å²) in [7, 11) is 2.09.